The fourth-order valence-corrected chi connectivity index (χ4v) is 2.24. The van der Waals surface area contributed by atoms with Crippen LogP contribution in [0.25, 0.3) is 0 Å². The van der Waals surface area contributed by atoms with Crippen LogP contribution < -0.4 is 11.1 Å². The number of likely N-dealkylation sites (tertiary alicyclic amines) is 1. The molecule has 0 saturated carbocycles. The number of nitrogens with zero attached hydrogens (tertiary/aromatic N) is 1. The van der Waals surface area contributed by atoms with Crippen molar-refractivity contribution in [1.29, 1.82) is 0 Å². The van der Waals surface area contributed by atoms with Gasteiger partial charge in [-0.15, -0.1) is 0 Å². The summed E-state index contributed by atoms with van der Waals surface area (Å²) < 4.78 is 0. The second kappa shape index (κ2) is 7.63. The van der Waals surface area contributed by atoms with Crippen molar-refractivity contribution in [3.63, 3.8) is 0 Å². The first-order valence-corrected chi connectivity index (χ1v) is 6.54. The van der Waals surface area contributed by atoms with E-state index in [1.165, 1.54) is 25.8 Å². The van der Waals surface area contributed by atoms with Gasteiger partial charge in [-0.2, -0.15) is 0 Å². The van der Waals surface area contributed by atoms with E-state index in [9.17, 15) is 4.79 Å². The predicted molar refractivity (Wildman–Crippen MR) is 68.0 cm³/mol. The third-order valence-corrected chi connectivity index (χ3v) is 3.42. The Balaban J connectivity index is 2.02. The summed E-state index contributed by atoms with van der Waals surface area (Å²) in [5, 5.41) is 11.7. The van der Waals surface area contributed by atoms with E-state index in [4.69, 9.17) is 10.8 Å². The lowest BCUT2D eigenvalue weighted by atomic mass is 10.0. The molecule has 5 heteroatoms. The Kier molecular flexibility index (Phi) is 6.47. The molecular weight excluding hydrogens is 218 g/mol. The van der Waals surface area contributed by atoms with Gasteiger partial charge in [-0.25, -0.2) is 0 Å². The molecule has 0 spiro atoms. The lowest BCUT2D eigenvalue weighted by molar-refractivity contribution is -0.138. The molecule has 0 aromatic heterocycles. The van der Waals surface area contributed by atoms with E-state index in [0.717, 1.165) is 19.5 Å². The van der Waals surface area contributed by atoms with Crippen LogP contribution in [-0.4, -0.2) is 54.2 Å². The summed E-state index contributed by atoms with van der Waals surface area (Å²) in [6, 6.07) is -0.0889. The van der Waals surface area contributed by atoms with Gasteiger partial charge in [-0.05, 0) is 45.8 Å². The van der Waals surface area contributed by atoms with Gasteiger partial charge < -0.3 is 21.1 Å². The molecule has 1 rings (SSSR count). The minimum absolute atomic E-state index is 0.352. The topological polar surface area (TPSA) is 78.6 Å². The van der Waals surface area contributed by atoms with Crippen LogP contribution in [0.4, 0.5) is 0 Å². The maximum Gasteiger partial charge on any atom is 0.321 e. The molecule has 1 aliphatic heterocycles. The van der Waals surface area contributed by atoms with Gasteiger partial charge in [0.25, 0.3) is 0 Å². The summed E-state index contributed by atoms with van der Waals surface area (Å²) in [5.74, 6) is -0.942. The second-order valence-corrected chi connectivity index (χ2v) is 4.88. The van der Waals surface area contributed by atoms with Gasteiger partial charge in [0, 0.05) is 12.6 Å². The fourth-order valence-electron chi connectivity index (χ4n) is 2.24. The summed E-state index contributed by atoms with van der Waals surface area (Å²) in [6.45, 7) is 5.77. The maximum absolute atomic E-state index is 10.5. The molecule has 0 bridgehead atoms. The minimum atomic E-state index is -0.942. The van der Waals surface area contributed by atoms with Gasteiger partial charge in [0.05, 0.1) is 0 Å². The standard InChI is InChI=1S/C12H25N3O2/c1-10-5-2-3-7-15(10)8-4-6-14-9-11(13)12(16)17/h10-11,14H,2-9,13H2,1H3,(H,16,17). The van der Waals surface area contributed by atoms with Crippen LogP contribution in [0.15, 0.2) is 0 Å². The Labute approximate surface area is 103 Å². The Morgan fingerprint density at radius 3 is 3.00 bits per heavy atom. The normalized spacial score (nSPS) is 23.5. The van der Waals surface area contributed by atoms with Crippen LogP contribution in [0, 0.1) is 0 Å². The van der Waals surface area contributed by atoms with Crippen LogP contribution in [0.5, 0.6) is 0 Å². The van der Waals surface area contributed by atoms with Crippen molar-refractivity contribution in [2.24, 2.45) is 5.73 Å². The lowest BCUT2D eigenvalue weighted by Gasteiger charge is -2.33. The summed E-state index contributed by atoms with van der Waals surface area (Å²) >= 11 is 0. The number of aliphatic carboxylic acids is 1. The average molecular weight is 243 g/mol. The zero-order valence-electron chi connectivity index (χ0n) is 10.7. The summed E-state index contributed by atoms with van der Waals surface area (Å²) in [4.78, 5) is 13.0. The van der Waals surface area contributed by atoms with Crippen molar-refractivity contribution in [3.05, 3.63) is 0 Å². The highest BCUT2D eigenvalue weighted by atomic mass is 16.4. The van der Waals surface area contributed by atoms with Gasteiger partial charge in [0.2, 0.25) is 0 Å². The quantitative estimate of drug-likeness (QED) is 0.559. The first kappa shape index (κ1) is 14.4. The lowest BCUT2D eigenvalue weighted by Crippen LogP contribution is -2.42. The molecule has 2 atom stereocenters. The third-order valence-electron chi connectivity index (χ3n) is 3.42. The SMILES string of the molecule is CC1CCCCN1CCCNCC(N)C(=O)O. The van der Waals surface area contributed by atoms with Crippen LogP contribution in [0.3, 0.4) is 0 Å². The minimum Gasteiger partial charge on any atom is -0.480 e. The summed E-state index contributed by atoms with van der Waals surface area (Å²) in [6.07, 6.45) is 5.01. The van der Waals surface area contributed by atoms with Gasteiger partial charge >= 0.3 is 5.97 Å². The molecule has 17 heavy (non-hydrogen) atoms. The Morgan fingerprint density at radius 1 is 1.59 bits per heavy atom. The summed E-state index contributed by atoms with van der Waals surface area (Å²) in [7, 11) is 0. The molecule has 1 saturated heterocycles. The van der Waals surface area contributed by atoms with Gasteiger partial charge in [0.1, 0.15) is 6.04 Å². The number of rotatable bonds is 7. The Bertz CT molecular complexity index is 236. The largest absolute Gasteiger partial charge is 0.480 e. The molecule has 4 N–H and O–H groups in total. The van der Waals surface area contributed by atoms with E-state index in [1.807, 2.05) is 0 Å². The van der Waals surface area contributed by atoms with Crippen LogP contribution >= 0.6 is 0 Å². The average Bonchev–Trinajstić information content (AvgIpc) is 2.30. The zero-order chi connectivity index (χ0) is 12.7. The molecule has 1 aliphatic rings. The van der Waals surface area contributed by atoms with Crippen molar-refractivity contribution in [1.82, 2.24) is 10.2 Å². The number of carboxylic acids is 1. The number of nitrogens with one attached hydrogen (secondary N) is 1. The predicted octanol–water partition coefficient (Wildman–Crippen LogP) is 0.252. The number of nitrogens with two attached hydrogens (primary N) is 1. The monoisotopic (exact) mass is 243 g/mol. The molecule has 0 aliphatic carbocycles. The van der Waals surface area contributed by atoms with Crippen LogP contribution in [0.1, 0.15) is 32.6 Å². The zero-order valence-corrected chi connectivity index (χ0v) is 10.7. The molecular formula is C12H25N3O2. The molecule has 100 valence electrons. The van der Waals surface area contributed by atoms with Crippen molar-refractivity contribution in [2.75, 3.05) is 26.2 Å². The second-order valence-electron chi connectivity index (χ2n) is 4.88. The smallest absolute Gasteiger partial charge is 0.321 e. The maximum atomic E-state index is 10.5. The number of carbonyl (C=O) groups is 1. The van der Waals surface area contributed by atoms with Crippen molar-refractivity contribution in [2.45, 2.75) is 44.7 Å². The highest BCUT2D eigenvalue weighted by Crippen LogP contribution is 2.15. The van der Waals surface area contributed by atoms with Gasteiger partial charge in [-0.3, -0.25) is 4.79 Å². The first-order valence-electron chi connectivity index (χ1n) is 6.54. The van der Waals surface area contributed by atoms with Gasteiger partial charge in [0.15, 0.2) is 0 Å². The van der Waals surface area contributed by atoms with Crippen LogP contribution in [-0.2, 0) is 4.79 Å². The molecule has 0 radical (unpaired) electrons. The fraction of sp³-hybridized carbons (Fsp3) is 0.917. The van der Waals surface area contributed by atoms with Crippen molar-refractivity contribution >= 4 is 5.97 Å². The number of hydrogen-bond donors (Lipinski definition) is 3. The molecule has 1 heterocycles. The van der Waals surface area contributed by atoms with E-state index in [0.29, 0.717) is 12.6 Å². The number of piperidine rings is 1. The van der Waals surface area contributed by atoms with Crippen molar-refractivity contribution in [3.8, 4) is 0 Å². The molecule has 0 aromatic rings. The number of hydrogen-bond acceptors (Lipinski definition) is 4. The van der Waals surface area contributed by atoms with E-state index in [1.54, 1.807) is 0 Å². The Morgan fingerprint density at radius 2 is 2.35 bits per heavy atom. The van der Waals surface area contributed by atoms with E-state index in [2.05, 4.69) is 17.1 Å². The Hall–Kier alpha value is -0.650. The van der Waals surface area contributed by atoms with E-state index in [-0.39, 0.29) is 0 Å². The van der Waals surface area contributed by atoms with E-state index < -0.39 is 12.0 Å². The third kappa shape index (κ3) is 5.48. The molecule has 1 fully saturated rings. The molecule has 0 amide bonds. The highest BCUT2D eigenvalue weighted by molar-refractivity contribution is 5.73. The molecule has 5 nitrogen and oxygen atoms in total. The molecule has 0 aromatic carbocycles. The highest BCUT2D eigenvalue weighted by Gasteiger charge is 2.17. The van der Waals surface area contributed by atoms with Crippen molar-refractivity contribution < 1.29 is 9.90 Å². The van der Waals surface area contributed by atoms with Crippen LogP contribution in [0.2, 0.25) is 0 Å². The van der Waals surface area contributed by atoms with Gasteiger partial charge in [-0.1, -0.05) is 6.42 Å². The molecule has 2 unspecified atom stereocenters. The summed E-state index contributed by atoms with van der Waals surface area (Å²) in [5.41, 5.74) is 5.39. The van der Waals surface area contributed by atoms with E-state index >= 15 is 0 Å². The first-order chi connectivity index (χ1) is 8.11. The number of carboxylic acid groups (broad SMARTS) is 1.